The number of amides is 1. The number of halogens is 3. The highest BCUT2D eigenvalue weighted by Gasteiger charge is 2.31. The lowest BCUT2D eigenvalue weighted by atomic mass is 10.2. The average Bonchev–Trinajstić information content (AvgIpc) is 2.55. The van der Waals surface area contributed by atoms with Crippen molar-refractivity contribution in [2.24, 2.45) is 0 Å². The number of ether oxygens (including phenoxy) is 2. The van der Waals surface area contributed by atoms with Crippen molar-refractivity contribution in [2.75, 3.05) is 13.7 Å². The van der Waals surface area contributed by atoms with Gasteiger partial charge < -0.3 is 14.6 Å². The van der Waals surface area contributed by atoms with E-state index in [0.717, 1.165) is 10.5 Å². The minimum Gasteiger partial charge on any atom is -0.480 e. The maximum atomic E-state index is 12.0. The average molecular weight is 413 g/mol. The van der Waals surface area contributed by atoms with Crippen molar-refractivity contribution in [2.45, 2.75) is 22.9 Å². The highest BCUT2D eigenvalue weighted by molar-refractivity contribution is 6.67. The molecular formula is C15H16Cl3NO6. The summed E-state index contributed by atoms with van der Waals surface area (Å²) in [6.45, 7) is -0.570. The molecular weight excluding hydrogens is 397 g/mol. The zero-order chi connectivity index (χ0) is 19.0. The largest absolute Gasteiger partial charge is 0.480 e. The molecule has 7 nitrogen and oxygen atoms in total. The lowest BCUT2D eigenvalue weighted by Gasteiger charge is -2.23. The van der Waals surface area contributed by atoms with E-state index >= 15 is 0 Å². The van der Waals surface area contributed by atoms with E-state index in [-0.39, 0.29) is 6.61 Å². The monoisotopic (exact) mass is 411 g/mol. The molecule has 25 heavy (non-hydrogen) atoms. The van der Waals surface area contributed by atoms with Gasteiger partial charge in [-0.05, 0) is 5.56 Å². The molecule has 1 rings (SSSR count). The van der Waals surface area contributed by atoms with E-state index in [1.54, 1.807) is 30.3 Å². The standard InChI is InChI=1S/C15H16Cl3NO6/c1-19(14(23)24-8-10-5-3-2-4-6-10)11(13(21)22)7-12(20)25-9-15(16,17)18/h2-6,11H,7-9H2,1H3,(H,21,22)/t11-/m0/s1. The Hall–Kier alpha value is -1.70. The summed E-state index contributed by atoms with van der Waals surface area (Å²) in [5.74, 6) is -2.33. The van der Waals surface area contributed by atoms with Crippen LogP contribution in [0.3, 0.4) is 0 Å². The molecule has 1 atom stereocenters. The normalized spacial score (nSPS) is 12.2. The van der Waals surface area contributed by atoms with E-state index in [1.807, 2.05) is 0 Å². The molecule has 0 radical (unpaired) electrons. The van der Waals surface area contributed by atoms with E-state index in [2.05, 4.69) is 4.74 Å². The first kappa shape index (κ1) is 21.3. The lowest BCUT2D eigenvalue weighted by Crippen LogP contribution is -2.44. The summed E-state index contributed by atoms with van der Waals surface area (Å²) in [5.41, 5.74) is 0.734. The van der Waals surface area contributed by atoms with Gasteiger partial charge in [0.1, 0.15) is 19.3 Å². The summed E-state index contributed by atoms with van der Waals surface area (Å²) in [6, 6.07) is 7.36. The second-order valence-corrected chi connectivity index (χ2v) is 7.50. The molecule has 0 aliphatic carbocycles. The van der Waals surface area contributed by atoms with Crippen molar-refractivity contribution in [3.8, 4) is 0 Å². The fourth-order valence-corrected chi connectivity index (χ4v) is 1.88. The Morgan fingerprint density at radius 1 is 1.16 bits per heavy atom. The molecule has 1 N–H and O–H groups in total. The van der Waals surface area contributed by atoms with Crippen molar-refractivity contribution >= 4 is 52.8 Å². The van der Waals surface area contributed by atoms with Crippen LogP contribution in [0.2, 0.25) is 0 Å². The first-order valence-corrected chi connectivity index (χ1v) is 8.12. The van der Waals surface area contributed by atoms with E-state index in [4.69, 9.17) is 39.5 Å². The number of carbonyl (C=O) groups is 3. The number of esters is 1. The van der Waals surface area contributed by atoms with E-state index in [9.17, 15) is 19.5 Å². The van der Waals surface area contributed by atoms with Gasteiger partial charge in [-0.3, -0.25) is 9.69 Å². The molecule has 0 fully saturated rings. The highest BCUT2D eigenvalue weighted by Crippen LogP contribution is 2.26. The van der Waals surface area contributed by atoms with E-state index < -0.39 is 40.9 Å². The van der Waals surface area contributed by atoms with Crippen molar-refractivity contribution in [1.29, 1.82) is 0 Å². The van der Waals surface area contributed by atoms with Crippen LogP contribution in [0.1, 0.15) is 12.0 Å². The van der Waals surface area contributed by atoms with Crippen LogP contribution < -0.4 is 0 Å². The van der Waals surface area contributed by atoms with Gasteiger partial charge in [0.25, 0.3) is 0 Å². The Morgan fingerprint density at radius 3 is 2.28 bits per heavy atom. The third-order valence-electron chi connectivity index (χ3n) is 3.00. The summed E-state index contributed by atoms with van der Waals surface area (Å²) < 4.78 is 7.88. The molecule has 0 aromatic heterocycles. The van der Waals surface area contributed by atoms with Crippen LogP contribution in [0, 0.1) is 0 Å². The van der Waals surface area contributed by atoms with Crippen molar-refractivity contribution in [3.63, 3.8) is 0 Å². The Morgan fingerprint density at radius 2 is 1.76 bits per heavy atom. The highest BCUT2D eigenvalue weighted by atomic mass is 35.6. The van der Waals surface area contributed by atoms with E-state index in [0.29, 0.717) is 0 Å². The van der Waals surface area contributed by atoms with Crippen LogP contribution in [-0.4, -0.2) is 51.5 Å². The van der Waals surface area contributed by atoms with Gasteiger partial charge >= 0.3 is 18.0 Å². The van der Waals surface area contributed by atoms with Crippen molar-refractivity contribution in [3.05, 3.63) is 35.9 Å². The zero-order valence-electron chi connectivity index (χ0n) is 13.2. The van der Waals surface area contributed by atoms with Gasteiger partial charge in [-0.15, -0.1) is 0 Å². The van der Waals surface area contributed by atoms with Crippen molar-refractivity contribution in [1.82, 2.24) is 4.90 Å². The number of benzene rings is 1. The first-order chi connectivity index (χ1) is 11.6. The molecule has 138 valence electrons. The van der Waals surface area contributed by atoms with Crippen LogP contribution in [-0.2, 0) is 25.7 Å². The SMILES string of the molecule is CN(C(=O)OCc1ccccc1)[C@@H](CC(=O)OCC(Cl)(Cl)Cl)C(=O)O. The number of carboxylic acids is 1. The Bertz CT molecular complexity index is 605. The summed E-state index contributed by atoms with van der Waals surface area (Å²) in [4.78, 5) is 35.8. The smallest absolute Gasteiger partial charge is 0.410 e. The van der Waals surface area contributed by atoms with Crippen LogP contribution in [0.5, 0.6) is 0 Å². The zero-order valence-corrected chi connectivity index (χ0v) is 15.4. The Kier molecular flexibility index (Phi) is 8.28. The molecule has 0 spiro atoms. The number of carboxylic acid groups (broad SMARTS) is 1. The second kappa shape index (κ2) is 9.70. The third-order valence-corrected chi connectivity index (χ3v) is 3.33. The number of rotatable bonds is 7. The van der Waals surface area contributed by atoms with Gasteiger partial charge in [-0.2, -0.15) is 0 Å². The minimum absolute atomic E-state index is 0.0337. The fraction of sp³-hybridized carbons (Fsp3) is 0.400. The van der Waals surface area contributed by atoms with Crippen LogP contribution >= 0.6 is 34.8 Å². The quantitative estimate of drug-likeness (QED) is 0.546. The number of aliphatic carboxylic acids is 1. The molecule has 0 bridgehead atoms. The number of hydrogen-bond acceptors (Lipinski definition) is 5. The summed E-state index contributed by atoms with van der Waals surface area (Å²) in [6.07, 6.45) is -1.52. The Balaban J connectivity index is 2.59. The molecule has 1 amide bonds. The topological polar surface area (TPSA) is 93.1 Å². The minimum atomic E-state index is -1.81. The van der Waals surface area contributed by atoms with Crippen LogP contribution in [0.25, 0.3) is 0 Å². The van der Waals surface area contributed by atoms with Crippen LogP contribution in [0.4, 0.5) is 4.79 Å². The lowest BCUT2D eigenvalue weighted by molar-refractivity contribution is -0.151. The first-order valence-electron chi connectivity index (χ1n) is 6.99. The predicted octanol–water partition coefficient (Wildman–Crippen LogP) is 3.01. The molecule has 0 saturated heterocycles. The molecule has 0 unspecified atom stereocenters. The molecule has 0 heterocycles. The maximum Gasteiger partial charge on any atom is 0.410 e. The van der Waals surface area contributed by atoms with Gasteiger partial charge in [0.05, 0.1) is 6.42 Å². The van der Waals surface area contributed by atoms with E-state index in [1.165, 1.54) is 7.05 Å². The fourth-order valence-electron chi connectivity index (χ4n) is 1.72. The summed E-state index contributed by atoms with van der Waals surface area (Å²) in [7, 11) is 1.20. The molecule has 0 aliphatic rings. The second-order valence-electron chi connectivity index (χ2n) is 4.99. The van der Waals surface area contributed by atoms with Gasteiger partial charge in [-0.25, -0.2) is 9.59 Å². The molecule has 0 saturated carbocycles. The molecule has 1 aromatic carbocycles. The number of hydrogen-bond donors (Lipinski definition) is 1. The van der Waals surface area contributed by atoms with Crippen LogP contribution in [0.15, 0.2) is 30.3 Å². The number of carbonyl (C=O) groups excluding carboxylic acids is 2. The maximum absolute atomic E-state index is 12.0. The van der Waals surface area contributed by atoms with Gasteiger partial charge in [0.2, 0.25) is 3.79 Å². The third kappa shape index (κ3) is 8.29. The summed E-state index contributed by atoms with van der Waals surface area (Å²) in [5, 5.41) is 9.22. The van der Waals surface area contributed by atoms with Gasteiger partial charge in [0, 0.05) is 7.05 Å². The summed E-state index contributed by atoms with van der Waals surface area (Å²) >= 11 is 16.3. The van der Waals surface area contributed by atoms with Crippen molar-refractivity contribution < 1.29 is 29.0 Å². The Labute approximate surface area is 159 Å². The van der Waals surface area contributed by atoms with Gasteiger partial charge in [0.15, 0.2) is 0 Å². The number of alkyl halides is 3. The molecule has 1 aromatic rings. The molecule has 0 aliphatic heterocycles. The van der Waals surface area contributed by atoms with Gasteiger partial charge in [-0.1, -0.05) is 65.1 Å². The number of nitrogens with zero attached hydrogens (tertiary/aromatic N) is 1. The predicted molar refractivity (Wildman–Crippen MR) is 91.7 cm³/mol. The number of likely N-dealkylation sites (N-methyl/N-ethyl adjacent to an activating group) is 1. The molecule has 10 heteroatoms.